The molecule has 0 fully saturated rings. The van der Waals surface area contributed by atoms with Gasteiger partial charge in [0.2, 0.25) is 0 Å². The van der Waals surface area contributed by atoms with Crippen LogP contribution in [0.25, 0.3) is 0 Å². The van der Waals surface area contributed by atoms with Gasteiger partial charge >= 0.3 is 0 Å². The van der Waals surface area contributed by atoms with E-state index in [0.29, 0.717) is 0 Å². The molecular formula is C18H24. The Hall–Kier alpha value is -1.56. The summed E-state index contributed by atoms with van der Waals surface area (Å²) in [7, 11) is 0. The molecule has 0 heterocycles. The van der Waals surface area contributed by atoms with Crippen LogP contribution in [0.15, 0.2) is 65.8 Å². The van der Waals surface area contributed by atoms with E-state index in [9.17, 15) is 0 Å². The summed E-state index contributed by atoms with van der Waals surface area (Å²) in [6.07, 6.45) is 12.2. The van der Waals surface area contributed by atoms with Gasteiger partial charge in [-0.2, -0.15) is 0 Å². The molecule has 0 atom stereocenters. The van der Waals surface area contributed by atoms with Crippen molar-refractivity contribution in [2.24, 2.45) is 0 Å². The molecule has 0 aliphatic heterocycles. The highest BCUT2D eigenvalue weighted by Crippen LogP contribution is 2.07. The summed E-state index contributed by atoms with van der Waals surface area (Å²) in [5, 5.41) is 0. The van der Waals surface area contributed by atoms with Crippen molar-refractivity contribution in [1.82, 2.24) is 0 Å². The van der Waals surface area contributed by atoms with Crippen LogP contribution in [-0.2, 0) is 6.42 Å². The van der Waals surface area contributed by atoms with E-state index in [1.54, 1.807) is 0 Å². The fraction of sp³-hybridized carbons (Fsp3) is 0.333. The maximum atomic E-state index is 2.30. The third-order valence-corrected chi connectivity index (χ3v) is 2.80. The maximum Gasteiger partial charge on any atom is -0.00943 e. The molecule has 0 unspecified atom stereocenters. The Morgan fingerprint density at radius 2 is 1.78 bits per heavy atom. The second-order valence-electron chi connectivity index (χ2n) is 4.95. The molecule has 0 bridgehead atoms. The summed E-state index contributed by atoms with van der Waals surface area (Å²) in [6, 6.07) is 10.6. The zero-order valence-corrected chi connectivity index (χ0v) is 11.8. The lowest BCUT2D eigenvalue weighted by Gasteiger charge is -1.97. The molecule has 0 nitrogen and oxygen atoms in total. The number of allylic oxidation sites excluding steroid dienone is 6. The summed E-state index contributed by atoms with van der Waals surface area (Å²) < 4.78 is 0. The first-order valence-electron chi connectivity index (χ1n) is 6.68. The SMILES string of the molecule is CC(C)=CCC/C(C)=C/C=C/Cc1ccccc1. The van der Waals surface area contributed by atoms with E-state index in [-0.39, 0.29) is 0 Å². The number of benzene rings is 1. The van der Waals surface area contributed by atoms with Gasteiger partial charge in [0, 0.05) is 0 Å². The summed E-state index contributed by atoms with van der Waals surface area (Å²) in [5.41, 5.74) is 4.21. The molecule has 0 heteroatoms. The minimum atomic E-state index is 1.01. The van der Waals surface area contributed by atoms with Gasteiger partial charge in [-0.25, -0.2) is 0 Å². The zero-order chi connectivity index (χ0) is 13.2. The molecule has 0 saturated heterocycles. The Bertz CT molecular complexity index is 415. The first kappa shape index (κ1) is 14.5. The molecule has 0 aliphatic carbocycles. The molecule has 0 N–H and O–H groups in total. The minimum Gasteiger partial charge on any atom is -0.0856 e. The van der Waals surface area contributed by atoms with Crippen LogP contribution < -0.4 is 0 Å². The van der Waals surface area contributed by atoms with Crippen molar-refractivity contribution >= 4 is 0 Å². The highest BCUT2D eigenvalue weighted by molar-refractivity contribution is 5.19. The van der Waals surface area contributed by atoms with Crippen molar-refractivity contribution in [2.45, 2.75) is 40.0 Å². The fourth-order valence-corrected chi connectivity index (χ4v) is 1.72. The molecule has 0 aromatic heterocycles. The van der Waals surface area contributed by atoms with Crippen LogP contribution >= 0.6 is 0 Å². The number of hydrogen-bond donors (Lipinski definition) is 0. The molecule has 0 spiro atoms. The second kappa shape index (κ2) is 8.52. The molecule has 0 aliphatic rings. The van der Waals surface area contributed by atoms with Crippen LogP contribution in [-0.4, -0.2) is 0 Å². The van der Waals surface area contributed by atoms with Gasteiger partial charge in [0.1, 0.15) is 0 Å². The van der Waals surface area contributed by atoms with Crippen LogP contribution in [0, 0.1) is 0 Å². The van der Waals surface area contributed by atoms with Crippen LogP contribution in [0.3, 0.4) is 0 Å². The highest BCUT2D eigenvalue weighted by atomic mass is 13.9. The molecule has 0 saturated carbocycles. The molecule has 1 rings (SSSR count). The van der Waals surface area contributed by atoms with Crippen LogP contribution in [0.5, 0.6) is 0 Å². The maximum absolute atomic E-state index is 2.30. The van der Waals surface area contributed by atoms with Gasteiger partial charge in [0.25, 0.3) is 0 Å². The summed E-state index contributed by atoms with van der Waals surface area (Å²) in [6.45, 7) is 6.50. The quantitative estimate of drug-likeness (QED) is 0.456. The summed E-state index contributed by atoms with van der Waals surface area (Å²) in [4.78, 5) is 0. The van der Waals surface area contributed by atoms with Gasteiger partial charge in [0.15, 0.2) is 0 Å². The third-order valence-electron chi connectivity index (χ3n) is 2.80. The smallest absolute Gasteiger partial charge is 0.00943 e. The number of hydrogen-bond acceptors (Lipinski definition) is 0. The first-order chi connectivity index (χ1) is 8.68. The Kier molecular flexibility index (Phi) is 6.86. The Morgan fingerprint density at radius 1 is 1.06 bits per heavy atom. The van der Waals surface area contributed by atoms with Crippen molar-refractivity contribution in [2.75, 3.05) is 0 Å². The average molecular weight is 240 g/mol. The van der Waals surface area contributed by atoms with Gasteiger partial charge in [-0.1, -0.05) is 65.8 Å². The minimum absolute atomic E-state index is 1.01. The van der Waals surface area contributed by atoms with Crippen molar-refractivity contribution in [3.63, 3.8) is 0 Å². The van der Waals surface area contributed by atoms with Gasteiger partial charge in [-0.15, -0.1) is 0 Å². The predicted octanol–water partition coefficient (Wildman–Crippen LogP) is 5.48. The lowest BCUT2D eigenvalue weighted by molar-refractivity contribution is 0.967. The van der Waals surface area contributed by atoms with Crippen molar-refractivity contribution in [3.05, 3.63) is 71.3 Å². The van der Waals surface area contributed by atoms with E-state index >= 15 is 0 Å². The molecule has 0 radical (unpaired) electrons. The fourth-order valence-electron chi connectivity index (χ4n) is 1.72. The first-order valence-corrected chi connectivity index (χ1v) is 6.68. The Labute approximate surface area is 112 Å². The summed E-state index contributed by atoms with van der Waals surface area (Å²) >= 11 is 0. The van der Waals surface area contributed by atoms with E-state index in [1.807, 2.05) is 0 Å². The van der Waals surface area contributed by atoms with Crippen LogP contribution in [0.4, 0.5) is 0 Å². The van der Waals surface area contributed by atoms with E-state index in [0.717, 1.165) is 19.3 Å². The monoisotopic (exact) mass is 240 g/mol. The van der Waals surface area contributed by atoms with Gasteiger partial charge < -0.3 is 0 Å². The Morgan fingerprint density at radius 3 is 2.44 bits per heavy atom. The van der Waals surface area contributed by atoms with Crippen LogP contribution in [0.1, 0.15) is 39.2 Å². The molecule has 96 valence electrons. The molecule has 0 amide bonds. The van der Waals surface area contributed by atoms with E-state index in [2.05, 4.69) is 75.4 Å². The largest absolute Gasteiger partial charge is 0.0856 e. The van der Waals surface area contributed by atoms with Crippen molar-refractivity contribution in [1.29, 1.82) is 0 Å². The number of rotatable bonds is 6. The second-order valence-corrected chi connectivity index (χ2v) is 4.95. The van der Waals surface area contributed by atoms with Gasteiger partial charge in [0.05, 0.1) is 0 Å². The van der Waals surface area contributed by atoms with Gasteiger partial charge in [-0.3, -0.25) is 0 Å². The molecule has 18 heavy (non-hydrogen) atoms. The van der Waals surface area contributed by atoms with Crippen LogP contribution in [0.2, 0.25) is 0 Å². The van der Waals surface area contributed by atoms with Crippen molar-refractivity contribution < 1.29 is 0 Å². The molecule has 1 aromatic carbocycles. The predicted molar refractivity (Wildman–Crippen MR) is 81.7 cm³/mol. The Balaban J connectivity index is 2.32. The normalized spacial score (nSPS) is 11.8. The zero-order valence-electron chi connectivity index (χ0n) is 11.8. The van der Waals surface area contributed by atoms with E-state index in [4.69, 9.17) is 0 Å². The molecular weight excluding hydrogens is 216 g/mol. The van der Waals surface area contributed by atoms with E-state index < -0.39 is 0 Å². The highest BCUT2D eigenvalue weighted by Gasteiger charge is 1.88. The average Bonchev–Trinajstić information content (AvgIpc) is 2.35. The topological polar surface area (TPSA) is 0 Å². The lowest BCUT2D eigenvalue weighted by Crippen LogP contribution is -1.79. The van der Waals surface area contributed by atoms with Gasteiger partial charge in [-0.05, 0) is 45.6 Å². The third kappa shape index (κ3) is 6.90. The lowest BCUT2D eigenvalue weighted by atomic mass is 10.1. The van der Waals surface area contributed by atoms with Crippen molar-refractivity contribution in [3.8, 4) is 0 Å². The van der Waals surface area contributed by atoms with E-state index in [1.165, 1.54) is 16.7 Å². The standard InChI is InChI=1S/C18H24/c1-16(2)10-9-12-17(3)11-7-8-15-18-13-5-4-6-14-18/h4-8,10-11,13-14H,9,12,15H2,1-3H3/b8-7+,17-11+. The summed E-state index contributed by atoms with van der Waals surface area (Å²) in [5.74, 6) is 0. The molecule has 1 aromatic rings.